The Hall–Kier alpha value is -3.28. The van der Waals surface area contributed by atoms with Gasteiger partial charge in [0.05, 0.1) is 12.1 Å². The number of alkyl halides is 3. The lowest BCUT2D eigenvalue weighted by Crippen LogP contribution is -2.37. The van der Waals surface area contributed by atoms with Crippen molar-refractivity contribution >= 4 is 23.0 Å². The summed E-state index contributed by atoms with van der Waals surface area (Å²) in [5, 5.41) is 11.6. The standard InChI is InChI=1S/C25H22ClF3N4O/c1-30-24-7-6-20(14-23(24)26)33(16-19-4-2-3-5-22(19)25(27,28)29)21-10-11-31(17-21)15-18-8-12-32(34)13-9-18/h2-9,12-14,21H,10-11,15-17H2/t21-/m0/s1. The fraction of sp³-hybridized carbons (Fsp3) is 0.280. The third kappa shape index (κ3) is 5.44. The van der Waals surface area contributed by atoms with Crippen molar-refractivity contribution in [3.05, 3.63) is 105 Å². The number of aromatic nitrogens is 1. The molecule has 0 aliphatic carbocycles. The van der Waals surface area contributed by atoms with Gasteiger partial charge in [0.15, 0.2) is 12.4 Å². The van der Waals surface area contributed by atoms with Gasteiger partial charge < -0.3 is 10.1 Å². The SMILES string of the molecule is [C-]#[N+]c1ccc(N(Cc2ccccc2C(F)(F)F)[C@H]2CCN(Cc3cc[n+]([O-])cc3)C2)cc1Cl. The van der Waals surface area contributed by atoms with Gasteiger partial charge in [0.2, 0.25) is 5.69 Å². The van der Waals surface area contributed by atoms with Gasteiger partial charge >= 0.3 is 6.18 Å². The Bertz CT molecular complexity index is 1190. The summed E-state index contributed by atoms with van der Waals surface area (Å²) in [4.78, 5) is 7.54. The van der Waals surface area contributed by atoms with Crippen molar-refractivity contribution in [1.82, 2.24) is 4.90 Å². The lowest BCUT2D eigenvalue weighted by molar-refractivity contribution is -0.605. The van der Waals surface area contributed by atoms with Crippen LogP contribution in [0.4, 0.5) is 24.5 Å². The molecule has 1 saturated heterocycles. The second-order valence-corrected chi connectivity index (χ2v) is 8.68. The largest absolute Gasteiger partial charge is 0.619 e. The average Bonchev–Trinajstić information content (AvgIpc) is 3.26. The first kappa shape index (κ1) is 23.9. The number of anilines is 1. The zero-order valence-electron chi connectivity index (χ0n) is 18.2. The van der Waals surface area contributed by atoms with Crippen LogP contribution in [0, 0.1) is 11.8 Å². The Kier molecular flexibility index (Phi) is 6.96. The van der Waals surface area contributed by atoms with E-state index < -0.39 is 11.7 Å². The van der Waals surface area contributed by atoms with Gasteiger partial charge in [0, 0.05) is 55.1 Å². The summed E-state index contributed by atoms with van der Waals surface area (Å²) in [6.07, 6.45) is -0.805. The van der Waals surface area contributed by atoms with Gasteiger partial charge in [-0.15, -0.1) is 0 Å². The molecular formula is C25H22ClF3N4O. The zero-order chi connectivity index (χ0) is 24.3. The molecule has 0 radical (unpaired) electrons. The third-order valence-corrected chi connectivity index (χ3v) is 6.32. The van der Waals surface area contributed by atoms with Gasteiger partial charge in [-0.25, -0.2) is 4.85 Å². The van der Waals surface area contributed by atoms with E-state index in [9.17, 15) is 18.4 Å². The third-order valence-electron chi connectivity index (χ3n) is 6.01. The second-order valence-electron chi connectivity index (χ2n) is 8.27. The van der Waals surface area contributed by atoms with Gasteiger partial charge in [0.1, 0.15) is 0 Å². The minimum absolute atomic E-state index is 0.0516. The highest BCUT2D eigenvalue weighted by molar-refractivity contribution is 6.33. The van der Waals surface area contributed by atoms with E-state index in [0.717, 1.165) is 29.3 Å². The molecule has 9 heteroatoms. The molecule has 1 aromatic heterocycles. The number of rotatable bonds is 6. The first-order valence-corrected chi connectivity index (χ1v) is 11.1. The number of hydrogen-bond acceptors (Lipinski definition) is 3. The van der Waals surface area contributed by atoms with Crippen LogP contribution in [0.15, 0.2) is 67.0 Å². The maximum atomic E-state index is 13.7. The summed E-state index contributed by atoms with van der Waals surface area (Å²) in [6.45, 7) is 9.33. The van der Waals surface area contributed by atoms with Crippen LogP contribution in [-0.4, -0.2) is 24.0 Å². The monoisotopic (exact) mass is 486 g/mol. The maximum Gasteiger partial charge on any atom is 0.416 e. The van der Waals surface area contributed by atoms with Gasteiger partial charge in [0.25, 0.3) is 0 Å². The van der Waals surface area contributed by atoms with Crippen molar-refractivity contribution in [2.45, 2.75) is 31.7 Å². The lowest BCUT2D eigenvalue weighted by Gasteiger charge is -2.33. The van der Waals surface area contributed by atoms with Crippen LogP contribution in [0.5, 0.6) is 0 Å². The van der Waals surface area contributed by atoms with E-state index in [4.69, 9.17) is 18.2 Å². The number of pyridine rings is 1. The first-order valence-electron chi connectivity index (χ1n) is 10.7. The molecule has 2 heterocycles. The summed E-state index contributed by atoms with van der Waals surface area (Å²) >= 11 is 6.28. The molecule has 0 N–H and O–H groups in total. The molecule has 176 valence electrons. The number of benzene rings is 2. The Morgan fingerprint density at radius 2 is 1.88 bits per heavy atom. The Morgan fingerprint density at radius 3 is 2.56 bits per heavy atom. The maximum absolute atomic E-state index is 13.7. The molecule has 0 bridgehead atoms. The minimum atomic E-state index is -4.46. The molecule has 3 aromatic rings. The van der Waals surface area contributed by atoms with Crippen molar-refractivity contribution < 1.29 is 17.9 Å². The Labute approximate surface area is 201 Å². The number of halogens is 4. The topological polar surface area (TPSA) is 37.8 Å². The van der Waals surface area contributed by atoms with Crippen molar-refractivity contribution in [1.29, 1.82) is 0 Å². The number of nitrogens with zero attached hydrogens (tertiary/aromatic N) is 4. The van der Waals surface area contributed by atoms with E-state index in [0.29, 0.717) is 24.5 Å². The Balaban J connectivity index is 1.62. The fourth-order valence-corrected chi connectivity index (χ4v) is 4.55. The van der Waals surface area contributed by atoms with E-state index >= 15 is 0 Å². The van der Waals surface area contributed by atoms with Crippen LogP contribution >= 0.6 is 11.6 Å². The fourth-order valence-electron chi connectivity index (χ4n) is 4.33. The molecule has 0 saturated carbocycles. The molecule has 1 fully saturated rings. The molecule has 0 amide bonds. The molecule has 2 aromatic carbocycles. The molecule has 1 aliphatic rings. The van der Waals surface area contributed by atoms with Crippen LogP contribution < -0.4 is 9.63 Å². The van der Waals surface area contributed by atoms with Crippen molar-refractivity contribution in [3.8, 4) is 0 Å². The predicted octanol–water partition coefficient (Wildman–Crippen LogP) is 5.82. The molecule has 34 heavy (non-hydrogen) atoms. The summed E-state index contributed by atoms with van der Waals surface area (Å²) in [5.41, 5.74) is 1.49. The number of likely N-dealkylation sites (tertiary alicyclic amines) is 1. The van der Waals surface area contributed by atoms with E-state index in [1.807, 2.05) is 4.90 Å². The Morgan fingerprint density at radius 1 is 1.15 bits per heavy atom. The molecule has 1 atom stereocenters. The molecule has 4 rings (SSSR count). The first-order chi connectivity index (χ1) is 16.2. The summed E-state index contributed by atoms with van der Waals surface area (Å²) in [6, 6.07) is 14.1. The van der Waals surface area contributed by atoms with Crippen LogP contribution in [0.1, 0.15) is 23.1 Å². The van der Waals surface area contributed by atoms with E-state index in [1.165, 1.54) is 24.5 Å². The van der Waals surface area contributed by atoms with E-state index in [1.54, 1.807) is 36.4 Å². The molecule has 5 nitrogen and oxygen atoms in total. The second kappa shape index (κ2) is 9.92. The quantitative estimate of drug-likeness (QED) is 0.250. The lowest BCUT2D eigenvalue weighted by atomic mass is 10.0. The van der Waals surface area contributed by atoms with Gasteiger partial charge in [-0.2, -0.15) is 17.9 Å². The highest BCUT2D eigenvalue weighted by Gasteiger charge is 2.35. The normalized spacial score (nSPS) is 16.4. The van der Waals surface area contributed by atoms with Crippen LogP contribution in [0.3, 0.4) is 0 Å². The molecule has 0 unspecified atom stereocenters. The van der Waals surface area contributed by atoms with Crippen molar-refractivity contribution in [2.75, 3.05) is 18.0 Å². The number of hydrogen-bond donors (Lipinski definition) is 0. The minimum Gasteiger partial charge on any atom is -0.619 e. The van der Waals surface area contributed by atoms with Gasteiger partial charge in [-0.05, 0) is 35.7 Å². The molecule has 0 spiro atoms. The zero-order valence-corrected chi connectivity index (χ0v) is 18.9. The van der Waals surface area contributed by atoms with E-state index in [2.05, 4.69) is 9.74 Å². The van der Waals surface area contributed by atoms with Gasteiger partial charge in [-0.1, -0.05) is 35.9 Å². The summed E-state index contributed by atoms with van der Waals surface area (Å²) in [7, 11) is 0. The predicted molar refractivity (Wildman–Crippen MR) is 124 cm³/mol. The molecule has 1 aliphatic heterocycles. The molecular weight excluding hydrogens is 465 g/mol. The van der Waals surface area contributed by atoms with Crippen LogP contribution in [-0.2, 0) is 19.3 Å². The highest BCUT2D eigenvalue weighted by Crippen LogP contribution is 2.36. The van der Waals surface area contributed by atoms with Crippen LogP contribution in [0.2, 0.25) is 5.02 Å². The van der Waals surface area contributed by atoms with Gasteiger partial charge in [-0.3, -0.25) is 4.90 Å². The smallest absolute Gasteiger partial charge is 0.416 e. The average molecular weight is 487 g/mol. The van der Waals surface area contributed by atoms with E-state index in [-0.39, 0.29) is 23.2 Å². The van der Waals surface area contributed by atoms with Crippen molar-refractivity contribution in [2.24, 2.45) is 0 Å². The van der Waals surface area contributed by atoms with Crippen LogP contribution in [0.25, 0.3) is 4.85 Å². The summed E-state index contributed by atoms with van der Waals surface area (Å²) in [5.74, 6) is 0. The highest BCUT2D eigenvalue weighted by atomic mass is 35.5. The summed E-state index contributed by atoms with van der Waals surface area (Å²) < 4.78 is 41.7. The van der Waals surface area contributed by atoms with Crippen molar-refractivity contribution in [3.63, 3.8) is 0 Å².